The first-order valence-corrected chi connectivity index (χ1v) is 7.35. The molecule has 0 spiro atoms. The first-order valence-electron chi connectivity index (χ1n) is 7.35. The lowest BCUT2D eigenvalue weighted by Crippen LogP contribution is -2.24. The number of fused-ring (bicyclic) bond motifs is 1. The van der Waals surface area contributed by atoms with Gasteiger partial charge >= 0.3 is 5.97 Å². The van der Waals surface area contributed by atoms with Gasteiger partial charge in [-0.05, 0) is 29.8 Å². The quantitative estimate of drug-likeness (QED) is 0.697. The van der Waals surface area contributed by atoms with Crippen molar-refractivity contribution in [1.82, 2.24) is 0 Å². The van der Waals surface area contributed by atoms with E-state index in [0.29, 0.717) is 23.7 Å². The number of hydrogen-bond acceptors (Lipinski definition) is 5. The van der Waals surface area contributed by atoms with E-state index < -0.39 is 12.1 Å². The fourth-order valence-corrected chi connectivity index (χ4v) is 2.75. The van der Waals surface area contributed by atoms with Crippen molar-refractivity contribution in [3.8, 4) is 17.2 Å². The predicted molar refractivity (Wildman–Crippen MR) is 83.9 cm³/mol. The van der Waals surface area contributed by atoms with E-state index in [1.165, 1.54) is 6.92 Å². The van der Waals surface area contributed by atoms with Gasteiger partial charge in [0.15, 0.2) is 0 Å². The summed E-state index contributed by atoms with van der Waals surface area (Å²) in [6.45, 7) is 1.68. The highest BCUT2D eigenvalue weighted by atomic mass is 16.5. The molecule has 2 aromatic rings. The van der Waals surface area contributed by atoms with E-state index in [1.807, 2.05) is 24.3 Å². The SMILES string of the molecule is COc1cccc([C@@H]2COc3cc(OC(C)=O)ccc3[C@@H]2O)c1. The third kappa shape index (κ3) is 3.14. The lowest BCUT2D eigenvalue weighted by atomic mass is 9.87. The summed E-state index contributed by atoms with van der Waals surface area (Å²) in [6.07, 6.45) is -0.697. The highest BCUT2D eigenvalue weighted by molar-refractivity contribution is 5.69. The molecule has 1 N–H and O–H groups in total. The zero-order chi connectivity index (χ0) is 16.4. The Labute approximate surface area is 134 Å². The topological polar surface area (TPSA) is 65.0 Å². The molecule has 2 aromatic carbocycles. The van der Waals surface area contributed by atoms with Crippen molar-refractivity contribution < 1.29 is 24.1 Å². The van der Waals surface area contributed by atoms with E-state index in [9.17, 15) is 9.90 Å². The van der Waals surface area contributed by atoms with E-state index in [2.05, 4.69) is 0 Å². The minimum atomic E-state index is -0.697. The van der Waals surface area contributed by atoms with Gasteiger partial charge in [0, 0.05) is 24.5 Å². The van der Waals surface area contributed by atoms with Crippen molar-refractivity contribution in [2.24, 2.45) is 0 Å². The maximum absolute atomic E-state index is 11.0. The molecule has 0 aromatic heterocycles. The molecular weight excluding hydrogens is 296 g/mol. The molecule has 5 nitrogen and oxygen atoms in total. The van der Waals surface area contributed by atoms with E-state index in [0.717, 1.165) is 11.3 Å². The fraction of sp³-hybridized carbons (Fsp3) is 0.278. The largest absolute Gasteiger partial charge is 0.497 e. The minimum Gasteiger partial charge on any atom is -0.497 e. The van der Waals surface area contributed by atoms with Gasteiger partial charge in [-0.2, -0.15) is 0 Å². The Balaban J connectivity index is 1.88. The number of ether oxygens (including phenoxy) is 3. The van der Waals surface area contributed by atoms with Crippen LogP contribution in [0.3, 0.4) is 0 Å². The van der Waals surface area contributed by atoms with Crippen molar-refractivity contribution in [3.63, 3.8) is 0 Å². The number of aliphatic hydroxyl groups is 1. The van der Waals surface area contributed by atoms with Crippen LogP contribution in [0.2, 0.25) is 0 Å². The first-order chi connectivity index (χ1) is 11.1. The molecule has 1 aliphatic rings. The third-order valence-electron chi connectivity index (χ3n) is 3.89. The van der Waals surface area contributed by atoms with Gasteiger partial charge in [-0.25, -0.2) is 0 Å². The van der Waals surface area contributed by atoms with E-state index >= 15 is 0 Å². The third-order valence-corrected chi connectivity index (χ3v) is 3.89. The molecular formula is C18H18O5. The van der Waals surface area contributed by atoms with Crippen LogP contribution < -0.4 is 14.2 Å². The number of methoxy groups -OCH3 is 1. The average Bonchev–Trinajstić information content (AvgIpc) is 2.54. The number of carbonyl (C=O) groups is 1. The van der Waals surface area contributed by atoms with Gasteiger partial charge in [0.05, 0.1) is 19.8 Å². The van der Waals surface area contributed by atoms with E-state index in [-0.39, 0.29) is 5.92 Å². The summed E-state index contributed by atoms with van der Waals surface area (Å²) >= 11 is 0. The van der Waals surface area contributed by atoms with Crippen LogP contribution in [0.1, 0.15) is 30.1 Å². The summed E-state index contributed by atoms with van der Waals surface area (Å²) in [7, 11) is 1.61. The molecule has 120 valence electrons. The molecule has 0 amide bonds. The monoisotopic (exact) mass is 314 g/mol. The normalized spacial score (nSPS) is 19.4. The van der Waals surface area contributed by atoms with E-state index in [4.69, 9.17) is 14.2 Å². The van der Waals surface area contributed by atoms with Gasteiger partial charge < -0.3 is 19.3 Å². The van der Waals surface area contributed by atoms with Crippen molar-refractivity contribution in [1.29, 1.82) is 0 Å². The van der Waals surface area contributed by atoms with E-state index in [1.54, 1.807) is 25.3 Å². The van der Waals surface area contributed by atoms with Crippen LogP contribution in [0.5, 0.6) is 17.2 Å². The number of carbonyl (C=O) groups excluding carboxylic acids is 1. The van der Waals surface area contributed by atoms with Crippen LogP contribution in [0.25, 0.3) is 0 Å². The van der Waals surface area contributed by atoms with Crippen molar-refractivity contribution in [2.75, 3.05) is 13.7 Å². The predicted octanol–water partition coefficient (Wildman–Crippen LogP) is 2.83. The molecule has 0 saturated heterocycles. The summed E-state index contributed by atoms with van der Waals surface area (Å²) in [5.41, 5.74) is 1.63. The fourth-order valence-electron chi connectivity index (χ4n) is 2.75. The molecule has 0 saturated carbocycles. The summed E-state index contributed by atoms with van der Waals surface area (Å²) in [5.74, 6) is 1.11. The van der Waals surface area contributed by atoms with Crippen LogP contribution in [-0.2, 0) is 4.79 Å². The van der Waals surface area contributed by atoms with Crippen LogP contribution in [0, 0.1) is 0 Å². The maximum atomic E-state index is 11.0. The molecule has 1 heterocycles. The van der Waals surface area contributed by atoms with Crippen molar-refractivity contribution in [2.45, 2.75) is 18.9 Å². The van der Waals surface area contributed by atoms with Crippen LogP contribution in [-0.4, -0.2) is 24.8 Å². The van der Waals surface area contributed by atoms with Gasteiger partial charge in [0.2, 0.25) is 0 Å². The second kappa shape index (κ2) is 6.30. The van der Waals surface area contributed by atoms with Crippen LogP contribution in [0.15, 0.2) is 42.5 Å². The Kier molecular flexibility index (Phi) is 4.21. The number of hydrogen-bond donors (Lipinski definition) is 1. The van der Waals surface area contributed by atoms with Gasteiger partial charge in [0.25, 0.3) is 0 Å². The Morgan fingerprint density at radius 2 is 2.04 bits per heavy atom. The lowest BCUT2D eigenvalue weighted by molar-refractivity contribution is -0.131. The molecule has 0 aliphatic carbocycles. The zero-order valence-corrected chi connectivity index (χ0v) is 13.0. The highest BCUT2D eigenvalue weighted by Crippen LogP contribution is 2.42. The summed E-state index contributed by atoms with van der Waals surface area (Å²) < 4.78 is 16.0. The number of rotatable bonds is 3. The number of esters is 1. The zero-order valence-electron chi connectivity index (χ0n) is 13.0. The van der Waals surface area contributed by atoms with Crippen LogP contribution in [0.4, 0.5) is 0 Å². The van der Waals surface area contributed by atoms with Gasteiger partial charge in [-0.3, -0.25) is 4.79 Å². The summed E-state index contributed by atoms with van der Waals surface area (Å²) in [4.78, 5) is 11.0. The standard InChI is InChI=1S/C18H18O5/c1-11(19)23-14-6-7-15-17(9-14)22-10-16(18(15)20)12-4-3-5-13(8-12)21-2/h3-9,16,18,20H,10H2,1-2H3/t16-,18-/m0/s1. The Bertz CT molecular complexity index is 725. The number of aliphatic hydroxyl groups excluding tert-OH is 1. The second-order valence-corrected chi connectivity index (χ2v) is 5.43. The number of benzene rings is 2. The highest BCUT2D eigenvalue weighted by Gasteiger charge is 2.31. The molecule has 3 rings (SSSR count). The molecule has 2 atom stereocenters. The Hall–Kier alpha value is -2.53. The minimum absolute atomic E-state index is 0.183. The van der Waals surface area contributed by atoms with Gasteiger partial charge in [0.1, 0.15) is 17.2 Å². The molecule has 0 unspecified atom stereocenters. The Morgan fingerprint density at radius 3 is 2.78 bits per heavy atom. The molecule has 0 radical (unpaired) electrons. The molecule has 23 heavy (non-hydrogen) atoms. The van der Waals surface area contributed by atoms with Crippen molar-refractivity contribution in [3.05, 3.63) is 53.6 Å². The van der Waals surface area contributed by atoms with Crippen molar-refractivity contribution >= 4 is 5.97 Å². The molecule has 0 fully saturated rings. The van der Waals surface area contributed by atoms with Gasteiger partial charge in [-0.1, -0.05) is 12.1 Å². The summed E-state index contributed by atoms with van der Waals surface area (Å²) in [5, 5.41) is 10.7. The molecule has 1 aliphatic heterocycles. The Morgan fingerprint density at radius 1 is 1.22 bits per heavy atom. The average molecular weight is 314 g/mol. The van der Waals surface area contributed by atoms with Crippen LogP contribution >= 0.6 is 0 Å². The maximum Gasteiger partial charge on any atom is 0.308 e. The smallest absolute Gasteiger partial charge is 0.308 e. The molecule has 5 heteroatoms. The lowest BCUT2D eigenvalue weighted by Gasteiger charge is -2.31. The molecule has 0 bridgehead atoms. The summed E-state index contributed by atoms with van der Waals surface area (Å²) in [6, 6.07) is 12.6. The van der Waals surface area contributed by atoms with Gasteiger partial charge in [-0.15, -0.1) is 0 Å². The first kappa shape index (κ1) is 15.4. The second-order valence-electron chi connectivity index (χ2n) is 5.43.